The number of benzene rings is 1. The van der Waals surface area contributed by atoms with Crippen molar-refractivity contribution in [2.24, 2.45) is 5.92 Å². The molecule has 1 aromatic carbocycles. The van der Waals surface area contributed by atoms with Crippen LogP contribution < -0.4 is 10.6 Å². The van der Waals surface area contributed by atoms with Crippen LogP contribution in [0.4, 0.5) is 0 Å². The van der Waals surface area contributed by atoms with Crippen LogP contribution in [0.3, 0.4) is 0 Å². The first-order valence-corrected chi connectivity index (χ1v) is 6.12. The van der Waals surface area contributed by atoms with Gasteiger partial charge in [-0.1, -0.05) is 44.2 Å². The minimum atomic E-state index is -0.511. The fourth-order valence-corrected chi connectivity index (χ4v) is 1.38. The van der Waals surface area contributed by atoms with Crippen molar-refractivity contribution in [1.29, 1.82) is 0 Å². The molecule has 18 heavy (non-hydrogen) atoms. The Bertz CT molecular complexity index is 402. The first kappa shape index (κ1) is 14.2. The normalized spacial score (nSPS) is 12.0. The molecule has 0 bridgehead atoms. The fourth-order valence-electron chi connectivity index (χ4n) is 1.38. The van der Waals surface area contributed by atoms with E-state index in [2.05, 4.69) is 10.6 Å². The van der Waals surface area contributed by atoms with Crippen LogP contribution in [0.15, 0.2) is 30.3 Å². The maximum Gasteiger partial charge on any atom is 0.242 e. The highest BCUT2D eigenvalue weighted by Crippen LogP contribution is 1.98. The maximum absolute atomic E-state index is 11.7. The molecule has 98 valence electrons. The molecule has 1 rings (SSSR count). The van der Waals surface area contributed by atoms with Crippen LogP contribution in [0.1, 0.15) is 26.3 Å². The van der Waals surface area contributed by atoms with Crippen LogP contribution in [0, 0.1) is 5.92 Å². The second kappa shape index (κ2) is 6.79. The predicted molar refractivity (Wildman–Crippen MR) is 70.7 cm³/mol. The lowest BCUT2D eigenvalue weighted by Crippen LogP contribution is -2.45. The SMILES string of the molecule is CC(C)C(=O)N[C@@H](C)C(=O)NCc1ccccc1. The van der Waals surface area contributed by atoms with Gasteiger partial charge in [0.1, 0.15) is 6.04 Å². The molecule has 4 heteroatoms. The zero-order chi connectivity index (χ0) is 13.5. The molecule has 2 N–H and O–H groups in total. The zero-order valence-electron chi connectivity index (χ0n) is 11.1. The summed E-state index contributed by atoms with van der Waals surface area (Å²) < 4.78 is 0. The van der Waals surface area contributed by atoms with Gasteiger partial charge in [0.05, 0.1) is 0 Å². The van der Waals surface area contributed by atoms with Crippen LogP contribution in [0.25, 0.3) is 0 Å². The molecule has 0 radical (unpaired) electrons. The van der Waals surface area contributed by atoms with Gasteiger partial charge in [0.15, 0.2) is 0 Å². The number of carbonyl (C=O) groups excluding carboxylic acids is 2. The van der Waals surface area contributed by atoms with Crippen molar-refractivity contribution >= 4 is 11.8 Å². The van der Waals surface area contributed by atoms with Gasteiger partial charge in [0.25, 0.3) is 0 Å². The molecule has 0 aliphatic rings. The number of rotatable bonds is 5. The van der Waals surface area contributed by atoms with Gasteiger partial charge in [-0.25, -0.2) is 0 Å². The third-order valence-corrected chi connectivity index (χ3v) is 2.59. The van der Waals surface area contributed by atoms with Crippen molar-refractivity contribution in [3.8, 4) is 0 Å². The second-order valence-corrected chi connectivity index (χ2v) is 4.59. The molecular weight excluding hydrogens is 228 g/mol. The fraction of sp³-hybridized carbons (Fsp3) is 0.429. The Kier molecular flexibility index (Phi) is 5.36. The van der Waals surface area contributed by atoms with Gasteiger partial charge in [0, 0.05) is 12.5 Å². The summed E-state index contributed by atoms with van der Waals surface area (Å²) in [5.74, 6) is -0.403. The van der Waals surface area contributed by atoms with Gasteiger partial charge in [0.2, 0.25) is 11.8 Å². The third-order valence-electron chi connectivity index (χ3n) is 2.59. The van der Waals surface area contributed by atoms with E-state index in [1.807, 2.05) is 30.3 Å². The molecule has 2 amide bonds. The number of hydrogen-bond acceptors (Lipinski definition) is 2. The van der Waals surface area contributed by atoms with Crippen molar-refractivity contribution in [3.63, 3.8) is 0 Å². The van der Waals surface area contributed by atoms with Gasteiger partial charge >= 0.3 is 0 Å². The smallest absolute Gasteiger partial charge is 0.242 e. The van der Waals surface area contributed by atoms with Crippen LogP contribution in [0.5, 0.6) is 0 Å². The summed E-state index contributed by atoms with van der Waals surface area (Å²) >= 11 is 0. The van der Waals surface area contributed by atoms with E-state index in [1.165, 1.54) is 0 Å². The van der Waals surface area contributed by atoms with Crippen LogP contribution in [-0.4, -0.2) is 17.9 Å². The van der Waals surface area contributed by atoms with E-state index in [0.717, 1.165) is 5.56 Å². The molecule has 0 fully saturated rings. The molecule has 0 spiro atoms. The van der Waals surface area contributed by atoms with Crippen molar-refractivity contribution in [2.75, 3.05) is 0 Å². The maximum atomic E-state index is 11.7. The summed E-state index contributed by atoms with van der Waals surface area (Å²) in [5.41, 5.74) is 1.04. The monoisotopic (exact) mass is 248 g/mol. The molecular formula is C14H20N2O2. The molecule has 1 atom stereocenters. The van der Waals surface area contributed by atoms with Gasteiger partial charge < -0.3 is 10.6 Å². The predicted octanol–water partition coefficient (Wildman–Crippen LogP) is 1.46. The first-order valence-electron chi connectivity index (χ1n) is 6.12. The molecule has 0 aliphatic heterocycles. The lowest BCUT2D eigenvalue weighted by atomic mass is 10.2. The molecule has 0 saturated heterocycles. The van der Waals surface area contributed by atoms with Gasteiger partial charge in [-0.15, -0.1) is 0 Å². The number of nitrogens with one attached hydrogen (secondary N) is 2. The summed E-state index contributed by atoms with van der Waals surface area (Å²) in [6.07, 6.45) is 0. The lowest BCUT2D eigenvalue weighted by molar-refractivity contribution is -0.130. The Morgan fingerprint density at radius 3 is 2.22 bits per heavy atom. The summed E-state index contributed by atoms with van der Waals surface area (Å²) in [6, 6.07) is 9.15. The van der Waals surface area contributed by atoms with Crippen molar-refractivity contribution in [3.05, 3.63) is 35.9 Å². The minimum absolute atomic E-state index is 0.114. The average Bonchev–Trinajstić information content (AvgIpc) is 2.36. The molecule has 0 aliphatic carbocycles. The van der Waals surface area contributed by atoms with Crippen molar-refractivity contribution in [2.45, 2.75) is 33.4 Å². The summed E-state index contributed by atoms with van der Waals surface area (Å²) in [7, 11) is 0. The van der Waals surface area contributed by atoms with Gasteiger partial charge in [-0.05, 0) is 12.5 Å². The molecule has 0 unspecified atom stereocenters. The molecule has 0 saturated carbocycles. The molecule has 0 aromatic heterocycles. The Balaban J connectivity index is 2.39. The summed E-state index contributed by atoms with van der Waals surface area (Å²) in [5, 5.41) is 5.45. The first-order chi connectivity index (χ1) is 8.50. The van der Waals surface area contributed by atoms with Gasteiger partial charge in [-0.2, -0.15) is 0 Å². The topological polar surface area (TPSA) is 58.2 Å². The largest absolute Gasteiger partial charge is 0.350 e. The van der Waals surface area contributed by atoms with E-state index in [9.17, 15) is 9.59 Å². The molecule has 0 heterocycles. The number of hydrogen-bond donors (Lipinski definition) is 2. The Morgan fingerprint density at radius 2 is 1.67 bits per heavy atom. The number of amides is 2. The molecule has 1 aromatic rings. The van der Waals surface area contributed by atoms with E-state index >= 15 is 0 Å². The van der Waals surface area contributed by atoms with Crippen LogP contribution in [-0.2, 0) is 16.1 Å². The second-order valence-electron chi connectivity index (χ2n) is 4.59. The molecule has 4 nitrogen and oxygen atoms in total. The highest BCUT2D eigenvalue weighted by atomic mass is 16.2. The van der Waals surface area contributed by atoms with E-state index < -0.39 is 6.04 Å². The van der Waals surface area contributed by atoms with E-state index in [0.29, 0.717) is 6.54 Å². The van der Waals surface area contributed by atoms with E-state index in [-0.39, 0.29) is 17.7 Å². The van der Waals surface area contributed by atoms with Crippen LogP contribution >= 0.6 is 0 Å². The van der Waals surface area contributed by atoms with E-state index in [1.54, 1.807) is 20.8 Å². The van der Waals surface area contributed by atoms with Gasteiger partial charge in [-0.3, -0.25) is 9.59 Å². The summed E-state index contributed by atoms with van der Waals surface area (Å²) in [4.78, 5) is 23.2. The Hall–Kier alpha value is -1.84. The zero-order valence-corrected chi connectivity index (χ0v) is 11.1. The van der Waals surface area contributed by atoms with Crippen molar-refractivity contribution < 1.29 is 9.59 Å². The lowest BCUT2D eigenvalue weighted by Gasteiger charge is -2.15. The standard InChI is InChI=1S/C14H20N2O2/c1-10(2)13(17)16-11(3)14(18)15-9-12-7-5-4-6-8-12/h4-8,10-11H,9H2,1-3H3,(H,15,18)(H,16,17)/t11-/m0/s1. The minimum Gasteiger partial charge on any atom is -0.350 e. The van der Waals surface area contributed by atoms with Crippen LogP contribution in [0.2, 0.25) is 0 Å². The summed E-state index contributed by atoms with van der Waals surface area (Å²) in [6.45, 7) is 5.75. The third kappa shape index (κ3) is 4.57. The highest BCUT2D eigenvalue weighted by molar-refractivity contribution is 5.87. The Labute approximate surface area is 108 Å². The van der Waals surface area contributed by atoms with Crippen molar-refractivity contribution in [1.82, 2.24) is 10.6 Å². The number of carbonyl (C=O) groups is 2. The highest BCUT2D eigenvalue weighted by Gasteiger charge is 2.16. The average molecular weight is 248 g/mol. The van der Waals surface area contributed by atoms with E-state index in [4.69, 9.17) is 0 Å². The Morgan fingerprint density at radius 1 is 1.06 bits per heavy atom. The quantitative estimate of drug-likeness (QED) is 0.829.